The van der Waals surface area contributed by atoms with Gasteiger partial charge < -0.3 is 11.1 Å². The number of hydrogen-bond acceptors (Lipinski definition) is 2. The number of rotatable bonds is 4. The van der Waals surface area contributed by atoms with Gasteiger partial charge in [-0.05, 0) is 37.6 Å². The van der Waals surface area contributed by atoms with Gasteiger partial charge in [-0.25, -0.2) is 0 Å². The summed E-state index contributed by atoms with van der Waals surface area (Å²) in [5, 5.41) is 3.51. The standard InChI is InChI=1S/C13H19ClN2O/c1-9-4-5-10(14)8-11(9)16-12(17)13(2,3)6-7-15/h4-5,8H,6-7,15H2,1-3H3,(H,16,17). The number of anilines is 1. The number of nitrogens with two attached hydrogens (primary N) is 1. The third-order valence-electron chi connectivity index (χ3n) is 2.83. The highest BCUT2D eigenvalue weighted by molar-refractivity contribution is 6.31. The number of hydrogen-bond donors (Lipinski definition) is 2. The molecule has 94 valence electrons. The van der Waals surface area contributed by atoms with Gasteiger partial charge in [-0.15, -0.1) is 0 Å². The van der Waals surface area contributed by atoms with Crippen LogP contribution in [0.1, 0.15) is 25.8 Å². The Kier molecular flexibility index (Phi) is 4.54. The second-order valence-electron chi connectivity index (χ2n) is 4.84. The van der Waals surface area contributed by atoms with E-state index >= 15 is 0 Å². The predicted molar refractivity (Wildman–Crippen MR) is 72.3 cm³/mol. The van der Waals surface area contributed by atoms with Crippen LogP contribution in [-0.4, -0.2) is 12.5 Å². The Morgan fingerprint density at radius 2 is 2.12 bits per heavy atom. The molecule has 0 spiro atoms. The van der Waals surface area contributed by atoms with Crippen molar-refractivity contribution in [3.8, 4) is 0 Å². The zero-order chi connectivity index (χ0) is 13.1. The average Bonchev–Trinajstić information content (AvgIpc) is 2.23. The lowest BCUT2D eigenvalue weighted by molar-refractivity contribution is -0.124. The summed E-state index contributed by atoms with van der Waals surface area (Å²) in [5.74, 6) is -0.0340. The Bertz CT molecular complexity index is 416. The van der Waals surface area contributed by atoms with Gasteiger partial charge in [-0.3, -0.25) is 4.79 Å². The van der Waals surface area contributed by atoms with E-state index in [9.17, 15) is 4.79 Å². The number of amides is 1. The number of benzene rings is 1. The van der Waals surface area contributed by atoms with E-state index in [1.54, 1.807) is 12.1 Å². The highest BCUT2D eigenvalue weighted by Gasteiger charge is 2.26. The summed E-state index contributed by atoms with van der Waals surface area (Å²) < 4.78 is 0. The first-order chi connectivity index (χ1) is 7.86. The number of halogens is 1. The fourth-order valence-corrected chi connectivity index (χ4v) is 1.67. The van der Waals surface area contributed by atoms with Gasteiger partial charge in [0.25, 0.3) is 0 Å². The van der Waals surface area contributed by atoms with E-state index in [4.69, 9.17) is 17.3 Å². The highest BCUT2D eigenvalue weighted by atomic mass is 35.5. The molecule has 4 heteroatoms. The molecule has 3 nitrogen and oxygen atoms in total. The minimum atomic E-state index is -0.469. The molecule has 0 radical (unpaired) electrons. The van der Waals surface area contributed by atoms with E-state index in [0.29, 0.717) is 18.0 Å². The topological polar surface area (TPSA) is 55.1 Å². The van der Waals surface area contributed by atoms with Gasteiger partial charge in [0.05, 0.1) is 0 Å². The molecule has 0 bridgehead atoms. The predicted octanol–water partition coefficient (Wildman–Crippen LogP) is 2.96. The third kappa shape index (κ3) is 3.72. The molecule has 0 saturated carbocycles. The smallest absolute Gasteiger partial charge is 0.230 e. The van der Waals surface area contributed by atoms with Crippen LogP contribution in [0.3, 0.4) is 0 Å². The van der Waals surface area contributed by atoms with Crippen molar-refractivity contribution < 1.29 is 4.79 Å². The van der Waals surface area contributed by atoms with E-state index < -0.39 is 5.41 Å². The lowest BCUT2D eigenvalue weighted by atomic mass is 9.88. The molecule has 1 aromatic rings. The minimum absolute atomic E-state index is 0.0340. The third-order valence-corrected chi connectivity index (χ3v) is 3.07. The van der Waals surface area contributed by atoms with Crippen molar-refractivity contribution in [2.45, 2.75) is 27.2 Å². The molecule has 0 aliphatic rings. The molecule has 0 atom stereocenters. The lowest BCUT2D eigenvalue weighted by Crippen LogP contribution is -2.32. The first-order valence-corrected chi connectivity index (χ1v) is 6.02. The van der Waals surface area contributed by atoms with E-state index in [-0.39, 0.29) is 5.91 Å². The summed E-state index contributed by atoms with van der Waals surface area (Å²) in [5.41, 5.74) is 6.78. The van der Waals surface area contributed by atoms with Gasteiger partial charge in [0.1, 0.15) is 0 Å². The Morgan fingerprint density at radius 1 is 1.47 bits per heavy atom. The van der Waals surface area contributed by atoms with Gasteiger partial charge in [0.15, 0.2) is 0 Å². The molecule has 1 amide bonds. The van der Waals surface area contributed by atoms with Crippen molar-refractivity contribution in [3.63, 3.8) is 0 Å². The maximum atomic E-state index is 12.1. The molecule has 0 aromatic heterocycles. The van der Waals surface area contributed by atoms with Crippen molar-refractivity contribution in [3.05, 3.63) is 28.8 Å². The highest BCUT2D eigenvalue weighted by Crippen LogP contribution is 2.25. The van der Waals surface area contributed by atoms with Crippen LogP contribution in [0.5, 0.6) is 0 Å². The molecule has 0 aliphatic heterocycles. The van der Waals surface area contributed by atoms with Crippen LogP contribution in [0.15, 0.2) is 18.2 Å². The van der Waals surface area contributed by atoms with Crippen LogP contribution < -0.4 is 11.1 Å². The van der Waals surface area contributed by atoms with Crippen molar-refractivity contribution in [2.75, 3.05) is 11.9 Å². The van der Waals surface area contributed by atoms with E-state index in [1.165, 1.54) is 0 Å². The fraction of sp³-hybridized carbons (Fsp3) is 0.462. The molecule has 17 heavy (non-hydrogen) atoms. The summed E-state index contributed by atoms with van der Waals surface area (Å²) in [6, 6.07) is 5.44. The van der Waals surface area contributed by atoms with Crippen LogP contribution in [-0.2, 0) is 4.79 Å². The second-order valence-corrected chi connectivity index (χ2v) is 5.27. The maximum Gasteiger partial charge on any atom is 0.230 e. The van der Waals surface area contributed by atoms with Crippen molar-refractivity contribution in [2.24, 2.45) is 11.1 Å². The molecule has 0 unspecified atom stereocenters. The van der Waals surface area contributed by atoms with E-state index in [1.807, 2.05) is 26.8 Å². The average molecular weight is 255 g/mol. The summed E-state index contributed by atoms with van der Waals surface area (Å²) in [6.07, 6.45) is 0.651. The summed E-state index contributed by atoms with van der Waals surface area (Å²) in [4.78, 5) is 12.1. The Hall–Kier alpha value is -1.06. The summed E-state index contributed by atoms with van der Waals surface area (Å²) in [6.45, 7) is 6.20. The zero-order valence-electron chi connectivity index (χ0n) is 10.5. The first kappa shape index (κ1) is 14.0. The van der Waals surface area contributed by atoms with Gasteiger partial charge in [0.2, 0.25) is 5.91 Å². The van der Waals surface area contributed by atoms with Gasteiger partial charge in [0, 0.05) is 16.1 Å². The number of carbonyl (C=O) groups is 1. The van der Waals surface area contributed by atoms with E-state index in [0.717, 1.165) is 11.3 Å². The van der Waals surface area contributed by atoms with Gasteiger partial charge >= 0.3 is 0 Å². The van der Waals surface area contributed by atoms with Gasteiger partial charge in [-0.1, -0.05) is 31.5 Å². The first-order valence-electron chi connectivity index (χ1n) is 5.64. The Morgan fingerprint density at radius 3 is 2.71 bits per heavy atom. The molecule has 0 heterocycles. The number of carbonyl (C=O) groups excluding carboxylic acids is 1. The quantitative estimate of drug-likeness (QED) is 0.868. The molecule has 1 aromatic carbocycles. The van der Waals surface area contributed by atoms with Crippen molar-refractivity contribution >= 4 is 23.2 Å². The number of nitrogens with one attached hydrogen (secondary N) is 1. The molecule has 3 N–H and O–H groups in total. The molecule has 0 aliphatic carbocycles. The Balaban J connectivity index is 2.84. The zero-order valence-corrected chi connectivity index (χ0v) is 11.3. The van der Waals surface area contributed by atoms with Crippen LogP contribution in [0.4, 0.5) is 5.69 Å². The maximum absolute atomic E-state index is 12.1. The van der Waals surface area contributed by atoms with Crippen LogP contribution in [0.2, 0.25) is 5.02 Å². The van der Waals surface area contributed by atoms with Crippen molar-refractivity contribution in [1.29, 1.82) is 0 Å². The SMILES string of the molecule is Cc1ccc(Cl)cc1NC(=O)C(C)(C)CCN. The fourth-order valence-electron chi connectivity index (χ4n) is 1.49. The van der Waals surface area contributed by atoms with Crippen LogP contribution in [0.25, 0.3) is 0 Å². The molecular weight excluding hydrogens is 236 g/mol. The number of aryl methyl sites for hydroxylation is 1. The van der Waals surface area contributed by atoms with Crippen molar-refractivity contribution in [1.82, 2.24) is 0 Å². The van der Waals surface area contributed by atoms with Gasteiger partial charge in [-0.2, -0.15) is 0 Å². The second kappa shape index (κ2) is 5.52. The molecule has 1 rings (SSSR count). The summed E-state index contributed by atoms with van der Waals surface area (Å²) >= 11 is 5.90. The molecule has 0 fully saturated rings. The largest absolute Gasteiger partial charge is 0.330 e. The monoisotopic (exact) mass is 254 g/mol. The Labute approximate surface area is 107 Å². The van der Waals surface area contributed by atoms with Crippen LogP contribution >= 0.6 is 11.6 Å². The van der Waals surface area contributed by atoms with E-state index in [2.05, 4.69) is 5.32 Å². The lowest BCUT2D eigenvalue weighted by Gasteiger charge is -2.23. The summed E-state index contributed by atoms with van der Waals surface area (Å²) in [7, 11) is 0. The molecular formula is C13H19ClN2O. The molecule has 0 saturated heterocycles. The van der Waals surface area contributed by atoms with Crippen LogP contribution in [0, 0.1) is 12.3 Å². The normalized spacial score (nSPS) is 11.4. The minimum Gasteiger partial charge on any atom is -0.330 e.